The largest absolute Gasteiger partial charge is 0.256 e. The molecule has 162 valence electrons. The molecule has 1 aromatic carbocycles. The molecule has 2 aliphatic rings. The van der Waals surface area contributed by atoms with Crippen molar-refractivity contribution >= 4 is 0 Å². The molecule has 1 heterocycles. The first-order valence-electron chi connectivity index (χ1n) is 12.4. The fraction of sp³-hybridized carbons (Fsp3) is 0.607. The summed E-state index contributed by atoms with van der Waals surface area (Å²) in [6.45, 7) is 4.58. The highest BCUT2D eigenvalue weighted by Crippen LogP contribution is 2.39. The van der Waals surface area contributed by atoms with Gasteiger partial charge in [0.1, 0.15) is 5.82 Å². The van der Waals surface area contributed by atoms with Crippen LogP contribution in [0.1, 0.15) is 107 Å². The van der Waals surface area contributed by atoms with Crippen LogP contribution in [0.2, 0.25) is 0 Å². The second kappa shape index (κ2) is 10.1. The van der Waals surface area contributed by atoms with Gasteiger partial charge in [0.05, 0.1) is 5.69 Å². The molecule has 0 aliphatic heterocycles. The molecule has 0 unspecified atom stereocenters. The van der Waals surface area contributed by atoms with E-state index in [1.54, 1.807) is 6.07 Å². The van der Waals surface area contributed by atoms with Crippen molar-refractivity contribution in [1.29, 1.82) is 0 Å². The predicted molar refractivity (Wildman–Crippen MR) is 124 cm³/mol. The Morgan fingerprint density at radius 1 is 0.800 bits per heavy atom. The van der Waals surface area contributed by atoms with Gasteiger partial charge in [-0.2, -0.15) is 0 Å². The van der Waals surface area contributed by atoms with E-state index in [9.17, 15) is 4.39 Å². The van der Waals surface area contributed by atoms with Crippen molar-refractivity contribution in [3.63, 3.8) is 0 Å². The molecule has 1 nitrogen and oxygen atoms in total. The first-order valence-corrected chi connectivity index (χ1v) is 12.4. The van der Waals surface area contributed by atoms with E-state index >= 15 is 0 Å². The van der Waals surface area contributed by atoms with Crippen LogP contribution in [0.25, 0.3) is 11.3 Å². The van der Waals surface area contributed by atoms with Gasteiger partial charge in [-0.25, -0.2) is 4.39 Å². The number of hydrogen-bond donors (Lipinski definition) is 0. The second-order valence-corrected chi connectivity index (χ2v) is 9.85. The molecule has 4 rings (SSSR count). The van der Waals surface area contributed by atoms with Crippen LogP contribution >= 0.6 is 0 Å². The van der Waals surface area contributed by atoms with Crippen LogP contribution in [0.15, 0.2) is 36.5 Å². The molecular weight excluding hydrogens is 369 g/mol. The summed E-state index contributed by atoms with van der Waals surface area (Å²) >= 11 is 0. The van der Waals surface area contributed by atoms with E-state index < -0.39 is 0 Å². The van der Waals surface area contributed by atoms with E-state index in [2.05, 4.69) is 31.0 Å². The minimum atomic E-state index is -0.119. The first-order chi connectivity index (χ1) is 14.7. The summed E-state index contributed by atoms with van der Waals surface area (Å²) < 4.78 is 15.0. The van der Waals surface area contributed by atoms with Crippen LogP contribution in [-0.2, 0) is 0 Å². The Bertz CT molecular complexity index is 796. The van der Waals surface area contributed by atoms with Gasteiger partial charge in [0, 0.05) is 11.8 Å². The van der Waals surface area contributed by atoms with Gasteiger partial charge >= 0.3 is 0 Å². The molecule has 2 aliphatic carbocycles. The van der Waals surface area contributed by atoms with Crippen LogP contribution < -0.4 is 0 Å². The zero-order chi connectivity index (χ0) is 20.9. The molecule has 0 spiro atoms. The lowest BCUT2D eigenvalue weighted by atomic mass is 9.77. The highest BCUT2D eigenvalue weighted by atomic mass is 19.1. The fourth-order valence-corrected chi connectivity index (χ4v) is 5.90. The lowest BCUT2D eigenvalue weighted by Gasteiger charge is -2.29. The molecule has 0 N–H and O–H groups in total. The van der Waals surface area contributed by atoms with Gasteiger partial charge in [-0.05, 0) is 104 Å². The van der Waals surface area contributed by atoms with E-state index in [1.807, 2.05) is 18.3 Å². The molecule has 30 heavy (non-hydrogen) atoms. The number of nitrogens with zero attached hydrogens (tertiary/aromatic N) is 1. The molecule has 0 amide bonds. The third-order valence-corrected chi connectivity index (χ3v) is 7.97. The molecule has 0 bridgehead atoms. The maximum Gasteiger partial charge on any atom is 0.132 e. The maximum absolute atomic E-state index is 15.0. The van der Waals surface area contributed by atoms with Crippen LogP contribution in [0.3, 0.4) is 0 Å². The number of pyridine rings is 1. The topological polar surface area (TPSA) is 12.9 Å². The summed E-state index contributed by atoms with van der Waals surface area (Å²) in [6, 6.07) is 10.1. The fourth-order valence-electron chi connectivity index (χ4n) is 5.90. The van der Waals surface area contributed by atoms with Crippen molar-refractivity contribution in [3.8, 4) is 11.3 Å². The molecule has 0 saturated heterocycles. The summed E-state index contributed by atoms with van der Waals surface area (Å²) in [5.74, 6) is 2.82. The minimum Gasteiger partial charge on any atom is -0.256 e. The molecule has 2 saturated carbocycles. The minimum absolute atomic E-state index is 0.119. The van der Waals surface area contributed by atoms with Crippen LogP contribution in [0, 0.1) is 17.7 Å². The van der Waals surface area contributed by atoms with Crippen LogP contribution in [0.5, 0.6) is 0 Å². The Kier molecular flexibility index (Phi) is 7.23. The summed E-state index contributed by atoms with van der Waals surface area (Å²) in [5, 5.41) is 0. The number of rotatable bonds is 6. The molecule has 2 fully saturated rings. The zero-order valence-electron chi connectivity index (χ0n) is 18.9. The normalized spacial score (nSPS) is 27.2. The Balaban J connectivity index is 1.41. The van der Waals surface area contributed by atoms with Gasteiger partial charge in [0.15, 0.2) is 0 Å². The van der Waals surface area contributed by atoms with E-state index in [0.29, 0.717) is 17.4 Å². The van der Waals surface area contributed by atoms with E-state index in [4.69, 9.17) is 0 Å². The maximum atomic E-state index is 15.0. The Hall–Kier alpha value is -1.70. The van der Waals surface area contributed by atoms with E-state index in [1.165, 1.54) is 81.8 Å². The monoisotopic (exact) mass is 407 g/mol. The van der Waals surface area contributed by atoms with Crippen molar-refractivity contribution in [2.45, 2.75) is 96.3 Å². The third kappa shape index (κ3) is 4.95. The molecular formula is C28H38FN. The average molecular weight is 408 g/mol. The van der Waals surface area contributed by atoms with Crippen LogP contribution in [-0.4, -0.2) is 4.98 Å². The molecule has 1 aromatic heterocycles. The highest BCUT2D eigenvalue weighted by molar-refractivity contribution is 5.60. The Morgan fingerprint density at radius 2 is 1.43 bits per heavy atom. The van der Waals surface area contributed by atoms with Gasteiger partial charge in [0.25, 0.3) is 0 Å². The number of hydrogen-bond acceptors (Lipinski definition) is 1. The third-order valence-electron chi connectivity index (χ3n) is 7.97. The summed E-state index contributed by atoms with van der Waals surface area (Å²) in [7, 11) is 0. The highest BCUT2D eigenvalue weighted by Gasteiger charge is 2.24. The van der Waals surface area contributed by atoms with Crippen molar-refractivity contribution in [2.75, 3.05) is 0 Å². The SMILES string of the molecule is CCCC1CCC(c2ccc(-c3ccc(C4CCC(CC)CC4)cn3)c(F)c2)CC1. The summed E-state index contributed by atoms with van der Waals surface area (Å²) in [6.07, 6.45) is 16.1. The van der Waals surface area contributed by atoms with Crippen molar-refractivity contribution in [1.82, 2.24) is 4.98 Å². The Morgan fingerprint density at radius 3 is 2.00 bits per heavy atom. The predicted octanol–water partition coefficient (Wildman–Crippen LogP) is 8.65. The molecule has 2 aromatic rings. The first kappa shape index (κ1) is 21.5. The Labute approximate surface area is 182 Å². The molecule has 0 atom stereocenters. The molecule has 0 radical (unpaired) electrons. The van der Waals surface area contributed by atoms with Gasteiger partial charge < -0.3 is 0 Å². The summed E-state index contributed by atoms with van der Waals surface area (Å²) in [5.41, 5.74) is 3.90. The van der Waals surface area contributed by atoms with Gasteiger partial charge in [-0.15, -0.1) is 0 Å². The summed E-state index contributed by atoms with van der Waals surface area (Å²) in [4.78, 5) is 4.66. The van der Waals surface area contributed by atoms with Crippen molar-refractivity contribution in [3.05, 3.63) is 53.5 Å². The number of halogens is 1. The van der Waals surface area contributed by atoms with Crippen molar-refractivity contribution in [2.24, 2.45) is 11.8 Å². The number of aromatic nitrogens is 1. The van der Waals surface area contributed by atoms with E-state index in [-0.39, 0.29) is 5.82 Å². The lowest BCUT2D eigenvalue weighted by molar-refractivity contribution is 0.308. The van der Waals surface area contributed by atoms with Gasteiger partial charge in [-0.1, -0.05) is 45.2 Å². The zero-order valence-corrected chi connectivity index (χ0v) is 18.9. The van der Waals surface area contributed by atoms with Crippen molar-refractivity contribution < 1.29 is 4.39 Å². The lowest BCUT2D eigenvalue weighted by Crippen LogP contribution is -2.13. The average Bonchev–Trinajstić information content (AvgIpc) is 2.80. The van der Waals surface area contributed by atoms with Gasteiger partial charge in [-0.3, -0.25) is 4.98 Å². The second-order valence-electron chi connectivity index (χ2n) is 9.85. The van der Waals surface area contributed by atoms with E-state index in [0.717, 1.165) is 17.5 Å². The smallest absolute Gasteiger partial charge is 0.132 e. The van der Waals surface area contributed by atoms with Gasteiger partial charge in [0.2, 0.25) is 0 Å². The number of benzene rings is 1. The molecule has 2 heteroatoms. The van der Waals surface area contributed by atoms with Crippen LogP contribution in [0.4, 0.5) is 4.39 Å². The standard InChI is InChI=1S/C28H38FN/c1-3-5-21-8-12-22(13-9-21)24-14-16-26(27(29)18-24)28-17-15-25(19-30-28)23-10-6-20(4-2)7-11-23/h14-23H,3-13H2,1-2H3. The quantitative estimate of drug-likeness (QED) is 0.467.